The van der Waals surface area contributed by atoms with Crippen molar-refractivity contribution >= 4 is 5.91 Å². The Morgan fingerprint density at radius 1 is 1.10 bits per heavy atom. The van der Waals surface area contributed by atoms with Crippen LogP contribution in [0.3, 0.4) is 0 Å². The zero-order chi connectivity index (χ0) is 20.3. The van der Waals surface area contributed by atoms with Crippen LogP contribution in [0, 0.1) is 0 Å². The van der Waals surface area contributed by atoms with Crippen LogP contribution < -0.4 is 14.8 Å². The van der Waals surface area contributed by atoms with Gasteiger partial charge in [-0.3, -0.25) is 9.78 Å². The number of fused-ring (bicyclic) bond motifs is 1. The molecule has 1 aromatic carbocycles. The molecule has 30 heavy (non-hydrogen) atoms. The number of piperidine rings is 1. The van der Waals surface area contributed by atoms with Gasteiger partial charge in [0, 0.05) is 42.7 Å². The average Bonchev–Trinajstić information content (AvgIpc) is 3.47. The lowest BCUT2D eigenvalue weighted by Crippen LogP contribution is -2.44. The Morgan fingerprint density at radius 2 is 1.90 bits per heavy atom. The quantitative estimate of drug-likeness (QED) is 0.687. The maximum absolute atomic E-state index is 12.5. The summed E-state index contributed by atoms with van der Waals surface area (Å²) in [6.45, 7) is 2.17. The van der Waals surface area contributed by atoms with Crippen molar-refractivity contribution in [3.63, 3.8) is 0 Å². The number of carbonyl (C=O) groups excluding carboxylic acids is 1. The van der Waals surface area contributed by atoms with Gasteiger partial charge in [0.15, 0.2) is 17.3 Å². The fraction of sp³-hybridized carbons (Fsp3) is 0.333. The molecule has 3 aromatic rings. The van der Waals surface area contributed by atoms with Crippen molar-refractivity contribution in [3.05, 3.63) is 54.1 Å². The molecular formula is C21H21N5O4. The summed E-state index contributed by atoms with van der Waals surface area (Å²) in [5.41, 5.74) is 1.47. The standard InChI is InChI=1S/C21H21N5O4/c27-21(14-3-7-22-8-4-14)26-9-5-16(6-10-26)23-12-19-24-20(30-25-19)15-1-2-17-18(11-15)29-13-28-17/h1-4,7-8,11,16,23H,5-6,9-10,12-13H2. The number of likely N-dealkylation sites (tertiary alicyclic amines) is 1. The molecule has 0 saturated carbocycles. The molecule has 0 bridgehead atoms. The molecule has 9 heteroatoms. The highest BCUT2D eigenvalue weighted by Crippen LogP contribution is 2.35. The average molecular weight is 407 g/mol. The third kappa shape index (κ3) is 3.84. The molecule has 0 spiro atoms. The van der Waals surface area contributed by atoms with Gasteiger partial charge in [-0.25, -0.2) is 0 Å². The number of nitrogens with zero attached hydrogens (tertiary/aromatic N) is 4. The fourth-order valence-electron chi connectivity index (χ4n) is 3.67. The van der Waals surface area contributed by atoms with Crippen molar-refractivity contribution in [2.45, 2.75) is 25.4 Å². The minimum atomic E-state index is 0.0578. The summed E-state index contributed by atoms with van der Waals surface area (Å²) in [5, 5.41) is 7.53. The van der Waals surface area contributed by atoms with Gasteiger partial charge in [0.05, 0.1) is 6.54 Å². The Hall–Kier alpha value is -3.46. The first-order valence-corrected chi connectivity index (χ1v) is 9.91. The van der Waals surface area contributed by atoms with Crippen LogP contribution in [0.4, 0.5) is 0 Å². The first kappa shape index (κ1) is 18.6. The van der Waals surface area contributed by atoms with Gasteiger partial charge in [-0.15, -0.1) is 0 Å². The fourth-order valence-corrected chi connectivity index (χ4v) is 3.67. The van der Waals surface area contributed by atoms with Crippen molar-refractivity contribution in [3.8, 4) is 23.0 Å². The monoisotopic (exact) mass is 407 g/mol. The van der Waals surface area contributed by atoms with Crippen LogP contribution in [-0.4, -0.2) is 51.9 Å². The van der Waals surface area contributed by atoms with Gasteiger partial charge in [-0.05, 0) is 43.2 Å². The maximum Gasteiger partial charge on any atom is 0.258 e. The minimum absolute atomic E-state index is 0.0578. The molecule has 5 rings (SSSR count). The molecule has 0 radical (unpaired) electrons. The Balaban J connectivity index is 1.13. The number of hydrogen-bond donors (Lipinski definition) is 1. The molecule has 0 unspecified atom stereocenters. The highest BCUT2D eigenvalue weighted by molar-refractivity contribution is 5.94. The molecule has 1 saturated heterocycles. The number of nitrogens with one attached hydrogen (secondary N) is 1. The molecule has 0 atom stereocenters. The Morgan fingerprint density at radius 3 is 2.73 bits per heavy atom. The number of ether oxygens (including phenoxy) is 2. The lowest BCUT2D eigenvalue weighted by Gasteiger charge is -2.32. The van der Waals surface area contributed by atoms with Crippen LogP contribution in [0.5, 0.6) is 11.5 Å². The van der Waals surface area contributed by atoms with E-state index in [0.29, 0.717) is 54.5 Å². The van der Waals surface area contributed by atoms with E-state index in [9.17, 15) is 4.79 Å². The van der Waals surface area contributed by atoms with Crippen molar-refractivity contribution in [2.24, 2.45) is 0 Å². The highest BCUT2D eigenvalue weighted by Gasteiger charge is 2.24. The summed E-state index contributed by atoms with van der Waals surface area (Å²) in [6.07, 6.45) is 5.04. The number of benzene rings is 1. The topological polar surface area (TPSA) is 103 Å². The SMILES string of the molecule is O=C(c1ccncc1)N1CCC(NCc2noc(-c3ccc4c(c3)OCO4)n2)CC1. The predicted molar refractivity (Wildman–Crippen MR) is 106 cm³/mol. The van der Waals surface area contributed by atoms with Gasteiger partial charge >= 0.3 is 0 Å². The van der Waals surface area contributed by atoms with Crippen LogP contribution in [0.15, 0.2) is 47.2 Å². The van der Waals surface area contributed by atoms with E-state index in [4.69, 9.17) is 14.0 Å². The van der Waals surface area contributed by atoms with Crippen LogP contribution in [0.1, 0.15) is 29.0 Å². The molecule has 0 aliphatic carbocycles. The lowest BCUT2D eigenvalue weighted by molar-refractivity contribution is 0.0704. The Labute approximate surface area is 173 Å². The van der Waals surface area contributed by atoms with Crippen LogP contribution in [0.2, 0.25) is 0 Å². The third-order valence-corrected chi connectivity index (χ3v) is 5.35. The Bertz CT molecular complexity index is 1030. The van der Waals surface area contributed by atoms with E-state index < -0.39 is 0 Å². The largest absolute Gasteiger partial charge is 0.454 e. The summed E-state index contributed by atoms with van der Waals surface area (Å²) >= 11 is 0. The summed E-state index contributed by atoms with van der Waals surface area (Å²) in [7, 11) is 0. The van der Waals surface area contributed by atoms with E-state index in [1.807, 2.05) is 23.1 Å². The minimum Gasteiger partial charge on any atom is -0.454 e. The second kappa shape index (κ2) is 8.11. The van der Waals surface area contributed by atoms with Gasteiger partial charge < -0.3 is 24.2 Å². The van der Waals surface area contributed by atoms with E-state index in [0.717, 1.165) is 18.4 Å². The van der Waals surface area contributed by atoms with Crippen molar-refractivity contribution in [1.29, 1.82) is 0 Å². The van der Waals surface area contributed by atoms with Gasteiger partial charge in [-0.2, -0.15) is 4.98 Å². The number of hydrogen-bond acceptors (Lipinski definition) is 8. The van der Waals surface area contributed by atoms with Gasteiger partial charge in [-0.1, -0.05) is 5.16 Å². The normalized spacial score (nSPS) is 16.1. The van der Waals surface area contributed by atoms with E-state index in [2.05, 4.69) is 20.4 Å². The van der Waals surface area contributed by atoms with E-state index in [-0.39, 0.29) is 12.7 Å². The summed E-state index contributed by atoms with van der Waals surface area (Å²) in [4.78, 5) is 22.8. The van der Waals surface area contributed by atoms with Crippen LogP contribution >= 0.6 is 0 Å². The molecule has 2 aliphatic rings. The van der Waals surface area contributed by atoms with Crippen molar-refractivity contribution in [1.82, 2.24) is 25.3 Å². The Kier molecular flexibility index (Phi) is 5.02. The summed E-state index contributed by atoms with van der Waals surface area (Å²) in [6, 6.07) is 9.34. The molecule has 1 amide bonds. The molecular weight excluding hydrogens is 386 g/mol. The van der Waals surface area contributed by atoms with Gasteiger partial charge in [0.1, 0.15) is 0 Å². The summed E-state index contributed by atoms with van der Waals surface area (Å²) < 4.78 is 16.1. The number of carbonyl (C=O) groups is 1. The van der Waals surface area contributed by atoms with Crippen LogP contribution in [0.25, 0.3) is 11.5 Å². The molecule has 2 aliphatic heterocycles. The lowest BCUT2D eigenvalue weighted by atomic mass is 10.0. The summed E-state index contributed by atoms with van der Waals surface area (Å²) in [5.74, 6) is 2.50. The second-order valence-corrected chi connectivity index (χ2v) is 7.27. The first-order chi connectivity index (χ1) is 14.8. The molecule has 1 N–H and O–H groups in total. The van der Waals surface area contributed by atoms with E-state index >= 15 is 0 Å². The number of pyridine rings is 1. The molecule has 1 fully saturated rings. The molecule has 4 heterocycles. The number of aromatic nitrogens is 3. The highest BCUT2D eigenvalue weighted by atomic mass is 16.7. The maximum atomic E-state index is 12.5. The molecule has 9 nitrogen and oxygen atoms in total. The van der Waals surface area contributed by atoms with Gasteiger partial charge in [0.2, 0.25) is 6.79 Å². The van der Waals surface area contributed by atoms with E-state index in [1.165, 1.54) is 0 Å². The predicted octanol–water partition coefficient (Wildman–Crippen LogP) is 2.25. The second-order valence-electron chi connectivity index (χ2n) is 7.27. The number of amides is 1. The smallest absolute Gasteiger partial charge is 0.258 e. The van der Waals surface area contributed by atoms with Crippen molar-refractivity contribution in [2.75, 3.05) is 19.9 Å². The van der Waals surface area contributed by atoms with Crippen molar-refractivity contribution < 1.29 is 18.8 Å². The zero-order valence-electron chi connectivity index (χ0n) is 16.3. The third-order valence-electron chi connectivity index (χ3n) is 5.35. The first-order valence-electron chi connectivity index (χ1n) is 9.91. The molecule has 2 aromatic heterocycles. The van der Waals surface area contributed by atoms with Crippen LogP contribution in [-0.2, 0) is 6.54 Å². The molecule has 154 valence electrons. The van der Waals surface area contributed by atoms with Gasteiger partial charge in [0.25, 0.3) is 11.8 Å². The zero-order valence-corrected chi connectivity index (χ0v) is 16.3. The number of rotatable bonds is 5. The van der Waals surface area contributed by atoms with E-state index in [1.54, 1.807) is 24.5 Å².